The van der Waals surface area contributed by atoms with E-state index in [9.17, 15) is 14.7 Å². The fraction of sp³-hybridized carbons (Fsp3) is 0.300. The average Bonchev–Trinajstić information content (AvgIpc) is 3.44. The van der Waals surface area contributed by atoms with Crippen molar-refractivity contribution in [3.05, 3.63) is 72.8 Å². The fourth-order valence-corrected chi connectivity index (χ4v) is 5.29. The number of fused-ring (bicyclic) bond motifs is 4. The van der Waals surface area contributed by atoms with Crippen LogP contribution >= 0.6 is 11.6 Å². The number of ketones is 1. The summed E-state index contributed by atoms with van der Waals surface area (Å²) in [6, 6.07) is 14.6. The standard InChI is InChI=1S/C29H30ClN3O4.CH3.Y/c1-16(30)22-15-33(25-14-26(35)19-7-5-6-8-20(19)28(22)25)29(36)24-12-18-11-21(17(2)34)27(13-23(18)31-24)37-10-9-32(3)4;;/h5-8,11-14,16,22,31,35H,9-10,15H2,1-4H3;1H3;/q;-1;/t16-,22+;;/m1../s1. The number of anilines is 1. The molecule has 4 aromatic rings. The first-order valence-electron chi connectivity index (χ1n) is 12.3. The van der Waals surface area contributed by atoms with E-state index in [-0.39, 0.29) is 68.9 Å². The molecule has 39 heavy (non-hydrogen) atoms. The minimum Gasteiger partial charge on any atom is -0.507 e. The molecule has 0 fully saturated rings. The summed E-state index contributed by atoms with van der Waals surface area (Å²) in [7, 11) is 3.91. The number of carbonyl (C=O) groups excluding carboxylic acids is 2. The van der Waals surface area contributed by atoms with E-state index >= 15 is 0 Å². The van der Waals surface area contributed by atoms with Crippen molar-refractivity contribution < 1.29 is 52.1 Å². The van der Waals surface area contributed by atoms with Crippen molar-refractivity contribution >= 4 is 50.7 Å². The molecule has 1 aliphatic rings. The summed E-state index contributed by atoms with van der Waals surface area (Å²) in [6.45, 7) is 4.98. The van der Waals surface area contributed by atoms with E-state index in [1.54, 1.807) is 29.2 Å². The Morgan fingerprint density at radius 3 is 2.51 bits per heavy atom. The molecule has 1 aromatic heterocycles. The van der Waals surface area contributed by atoms with Gasteiger partial charge in [0.15, 0.2) is 5.78 Å². The van der Waals surface area contributed by atoms with E-state index in [1.807, 2.05) is 50.2 Å². The first-order chi connectivity index (χ1) is 17.7. The summed E-state index contributed by atoms with van der Waals surface area (Å²) in [5.41, 5.74) is 3.20. The van der Waals surface area contributed by atoms with Gasteiger partial charge in [0.05, 0.1) is 11.3 Å². The first-order valence-corrected chi connectivity index (χ1v) is 12.7. The quantitative estimate of drug-likeness (QED) is 0.150. The normalized spacial score (nSPS) is 15.1. The number of rotatable bonds is 7. The van der Waals surface area contributed by atoms with Crippen molar-refractivity contribution in [1.82, 2.24) is 9.88 Å². The van der Waals surface area contributed by atoms with Crippen molar-refractivity contribution in [3.8, 4) is 11.5 Å². The summed E-state index contributed by atoms with van der Waals surface area (Å²) in [5.74, 6) is 0.187. The number of amides is 1. The molecule has 0 saturated carbocycles. The molecule has 3 aromatic carbocycles. The molecule has 0 saturated heterocycles. The Labute approximate surface area is 259 Å². The van der Waals surface area contributed by atoms with Crippen LogP contribution in [0.3, 0.4) is 0 Å². The molecule has 2 N–H and O–H groups in total. The molecule has 1 aliphatic heterocycles. The van der Waals surface area contributed by atoms with E-state index in [0.29, 0.717) is 47.9 Å². The van der Waals surface area contributed by atoms with E-state index < -0.39 is 0 Å². The SMILES string of the molecule is CC(=O)c1cc2cc(C(=O)N3C[C@@H]([C@@H](C)Cl)c4c3cc(O)c3ccccc43)[nH]c2cc1OCCN(C)C.[CH3-].[Y]. The number of likely N-dealkylation sites (N-methyl/N-ethyl adjacent to an activating group) is 1. The predicted molar refractivity (Wildman–Crippen MR) is 154 cm³/mol. The van der Waals surface area contributed by atoms with Crippen LogP contribution in [-0.4, -0.2) is 65.8 Å². The van der Waals surface area contributed by atoms with Gasteiger partial charge in [-0.05, 0) is 51.0 Å². The molecule has 5 rings (SSSR count). The van der Waals surface area contributed by atoms with Gasteiger partial charge in [0.1, 0.15) is 23.8 Å². The molecule has 1 amide bonds. The molecule has 2 heterocycles. The molecule has 2 atom stereocenters. The Morgan fingerprint density at radius 2 is 1.87 bits per heavy atom. The number of H-pyrrole nitrogens is 1. The zero-order valence-electron chi connectivity index (χ0n) is 22.9. The number of Topliss-reactive ketones (excluding diaryl/α,β-unsaturated/α-hetero) is 1. The predicted octanol–water partition coefficient (Wildman–Crippen LogP) is 5.99. The number of alkyl halides is 1. The maximum atomic E-state index is 13.8. The summed E-state index contributed by atoms with van der Waals surface area (Å²) < 4.78 is 5.91. The number of nitrogens with zero attached hydrogens (tertiary/aromatic N) is 2. The molecule has 0 unspecified atom stereocenters. The monoisotopic (exact) mass is 623 g/mol. The van der Waals surface area contributed by atoms with Crippen LogP contribution < -0.4 is 9.64 Å². The van der Waals surface area contributed by atoms with E-state index in [4.69, 9.17) is 16.3 Å². The number of hydrogen-bond acceptors (Lipinski definition) is 5. The van der Waals surface area contributed by atoms with Crippen molar-refractivity contribution in [3.63, 3.8) is 0 Å². The van der Waals surface area contributed by atoms with Crippen LogP contribution in [-0.2, 0) is 32.7 Å². The van der Waals surface area contributed by atoms with Gasteiger partial charge in [-0.3, -0.25) is 9.59 Å². The number of benzene rings is 3. The summed E-state index contributed by atoms with van der Waals surface area (Å²) >= 11 is 6.60. The van der Waals surface area contributed by atoms with Gasteiger partial charge >= 0.3 is 0 Å². The van der Waals surface area contributed by atoms with E-state index in [1.165, 1.54) is 6.92 Å². The largest absolute Gasteiger partial charge is 0.507 e. The third kappa shape index (κ3) is 5.87. The third-order valence-electron chi connectivity index (χ3n) is 7.01. The van der Waals surface area contributed by atoms with E-state index in [2.05, 4.69) is 4.98 Å². The van der Waals surface area contributed by atoms with Crippen molar-refractivity contribution in [2.24, 2.45) is 0 Å². The average molecular weight is 624 g/mol. The Kier molecular flexibility index (Phi) is 9.87. The molecular formula is C30H33ClN3O4Y-. The number of phenols is 1. The Balaban J connectivity index is 0.00000210. The summed E-state index contributed by atoms with van der Waals surface area (Å²) in [4.78, 5) is 33.0. The van der Waals surface area contributed by atoms with Crippen LogP contribution in [0.1, 0.15) is 46.2 Å². The minimum absolute atomic E-state index is 0. The zero-order valence-corrected chi connectivity index (χ0v) is 26.5. The summed E-state index contributed by atoms with van der Waals surface area (Å²) in [6.07, 6.45) is 0. The van der Waals surface area contributed by atoms with Gasteiger partial charge in [0.2, 0.25) is 0 Å². The van der Waals surface area contributed by atoms with Crippen LogP contribution in [0.25, 0.3) is 21.7 Å². The van der Waals surface area contributed by atoms with Gasteiger partial charge in [-0.1, -0.05) is 24.3 Å². The second-order valence-electron chi connectivity index (χ2n) is 9.90. The number of aromatic amines is 1. The van der Waals surface area contributed by atoms with Crippen molar-refractivity contribution in [2.45, 2.75) is 25.1 Å². The molecule has 7 nitrogen and oxygen atoms in total. The van der Waals surface area contributed by atoms with Gasteiger partial charge in [0.25, 0.3) is 5.91 Å². The molecular weight excluding hydrogens is 591 g/mol. The topological polar surface area (TPSA) is 85.9 Å². The molecule has 1 radical (unpaired) electrons. The van der Waals surface area contributed by atoms with Crippen molar-refractivity contribution in [1.29, 1.82) is 0 Å². The minimum atomic E-state index is -0.230. The first kappa shape index (κ1) is 31.1. The summed E-state index contributed by atoms with van der Waals surface area (Å²) in [5, 5.41) is 12.9. The second kappa shape index (κ2) is 12.4. The number of aromatic nitrogens is 1. The van der Waals surface area contributed by atoms with Crippen molar-refractivity contribution in [2.75, 3.05) is 38.7 Å². The number of nitrogens with one attached hydrogen (secondary N) is 1. The van der Waals surface area contributed by atoms with Crippen LogP contribution in [0.15, 0.2) is 48.5 Å². The Hall–Kier alpha value is -2.45. The van der Waals surface area contributed by atoms with Gasteiger partial charge in [0, 0.05) is 85.5 Å². The van der Waals surface area contributed by atoms with E-state index in [0.717, 1.165) is 21.7 Å². The Bertz CT molecular complexity index is 1530. The maximum Gasteiger partial charge on any atom is 0.274 e. The van der Waals surface area contributed by atoms with Gasteiger partial charge in [-0.2, -0.15) is 0 Å². The smallest absolute Gasteiger partial charge is 0.274 e. The van der Waals surface area contributed by atoms with Crippen LogP contribution in [0, 0.1) is 7.43 Å². The van der Waals surface area contributed by atoms with Gasteiger partial charge in [-0.15, -0.1) is 11.6 Å². The second-order valence-corrected chi connectivity index (χ2v) is 10.6. The maximum absolute atomic E-state index is 13.8. The molecule has 9 heteroatoms. The van der Waals surface area contributed by atoms with Gasteiger partial charge < -0.3 is 32.1 Å². The number of ether oxygens (including phenoxy) is 1. The zero-order chi connectivity index (χ0) is 26.4. The molecule has 203 valence electrons. The van der Waals surface area contributed by atoms with Crippen LogP contribution in [0.4, 0.5) is 5.69 Å². The molecule has 0 bridgehead atoms. The Morgan fingerprint density at radius 1 is 1.18 bits per heavy atom. The number of halogens is 1. The van der Waals surface area contributed by atoms with Crippen LogP contribution in [0.2, 0.25) is 0 Å². The number of aromatic hydroxyl groups is 1. The number of phenolic OH excluding ortho intramolecular Hbond substituents is 1. The fourth-order valence-electron chi connectivity index (χ4n) is 5.09. The van der Waals surface area contributed by atoms with Crippen LogP contribution in [0.5, 0.6) is 11.5 Å². The van der Waals surface area contributed by atoms with Gasteiger partial charge in [-0.25, -0.2) is 0 Å². The molecule has 0 spiro atoms. The number of hydrogen-bond donors (Lipinski definition) is 2. The third-order valence-corrected chi connectivity index (χ3v) is 7.31. The molecule has 0 aliphatic carbocycles. The number of carbonyl (C=O) groups is 2.